The molecule has 6 nitrogen and oxygen atoms in total. The van der Waals surface area contributed by atoms with Crippen LogP contribution in [0.5, 0.6) is 0 Å². The minimum absolute atomic E-state index is 0.144. The lowest BCUT2D eigenvalue weighted by atomic mass is 9.90. The number of benzene rings is 4. The molecule has 1 aliphatic carbocycles. The lowest BCUT2D eigenvalue weighted by Crippen LogP contribution is -2.47. The van der Waals surface area contributed by atoms with Gasteiger partial charge in [-0.15, -0.1) is 0 Å². The first-order valence-corrected chi connectivity index (χ1v) is 13.5. The minimum atomic E-state index is -0.941. The van der Waals surface area contributed by atoms with Crippen LogP contribution in [0.25, 0.3) is 21.7 Å². The van der Waals surface area contributed by atoms with Gasteiger partial charge < -0.3 is 19.9 Å². The topological polar surface area (TPSA) is 74.6 Å². The predicted molar refractivity (Wildman–Crippen MR) is 154 cm³/mol. The summed E-state index contributed by atoms with van der Waals surface area (Å²) in [4.78, 5) is 27.4. The van der Waals surface area contributed by atoms with Crippen molar-refractivity contribution < 1.29 is 19.1 Å². The van der Waals surface area contributed by atoms with E-state index >= 15 is 0 Å². The van der Waals surface area contributed by atoms with E-state index in [-0.39, 0.29) is 24.4 Å². The smallest absolute Gasteiger partial charge is 0.323 e. The Morgan fingerprint density at radius 1 is 0.950 bits per heavy atom. The Labute approximate surface area is 231 Å². The predicted octanol–water partition coefficient (Wildman–Crippen LogP) is 6.29. The summed E-state index contributed by atoms with van der Waals surface area (Å²) >= 11 is 0. The Hall–Kier alpha value is -4.65. The molecule has 1 aromatic heterocycles. The molecule has 4 aromatic carbocycles. The lowest BCUT2D eigenvalue weighted by Gasteiger charge is -2.35. The zero-order valence-corrected chi connectivity index (χ0v) is 22.0. The number of carbonyl (C=O) groups excluding carboxylic acids is 1. The quantitative estimate of drug-likeness (QED) is 0.257. The van der Waals surface area contributed by atoms with Crippen LogP contribution in [-0.4, -0.2) is 32.6 Å². The molecule has 2 N–H and O–H groups in total. The van der Waals surface area contributed by atoms with Crippen molar-refractivity contribution in [3.8, 4) is 0 Å². The van der Waals surface area contributed by atoms with E-state index in [0.717, 1.165) is 38.5 Å². The van der Waals surface area contributed by atoms with E-state index in [4.69, 9.17) is 0 Å². The van der Waals surface area contributed by atoms with Crippen LogP contribution in [0.4, 0.5) is 9.18 Å². The molecule has 7 heteroatoms. The maximum atomic E-state index is 14.4. The number of fused-ring (bicyclic) bond motifs is 4. The Morgan fingerprint density at radius 3 is 2.55 bits per heavy atom. The number of aliphatic carboxylic acids is 1. The summed E-state index contributed by atoms with van der Waals surface area (Å²) in [5, 5.41) is 15.6. The van der Waals surface area contributed by atoms with Gasteiger partial charge in [-0.05, 0) is 64.9 Å². The number of rotatable bonds is 7. The molecule has 0 fully saturated rings. The molecule has 40 heavy (non-hydrogen) atoms. The zero-order chi connectivity index (χ0) is 27.6. The number of carboxylic acid groups (broad SMARTS) is 1. The van der Waals surface area contributed by atoms with Gasteiger partial charge in [0, 0.05) is 35.7 Å². The molecule has 0 radical (unpaired) electrons. The van der Waals surface area contributed by atoms with Crippen molar-refractivity contribution in [1.82, 2.24) is 14.8 Å². The molecular formula is C33H30FN3O3. The highest BCUT2D eigenvalue weighted by Gasteiger charge is 2.32. The van der Waals surface area contributed by atoms with Gasteiger partial charge in [0.1, 0.15) is 12.4 Å². The summed E-state index contributed by atoms with van der Waals surface area (Å²) in [6.45, 7) is 0.649. The lowest BCUT2D eigenvalue weighted by molar-refractivity contribution is -0.137. The third-order valence-electron chi connectivity index (χ3n) is 7.90. The highest BCUT2D eigenvalue weighted by Crippen LogP contribution is 2.35. The standard InChI is InChI=1S/C33H30FN3O3/c34-25-13-15-30-28(17-25)29-18-26(14-16-31(29)37(30)21-32(38)39)36(33(40)35-19-22-7-2-1-3-8-22)20-24-11-6-10-23-9-4-5-12-27(23)24/h1-13,15,17,26H,14,16,18-21H2,(H,35,40)(H,38,39)/t26-/m0/s1. The normalized spacial score (nSPS) is 14.7. The van der Waals surface area contributed by atoms with E-state index in [1.54, 1.807) is 10.6 Å². The molecule has 0 spiro atoms. The maximum absolute atomic E-state index is 14.4. The van der Waals surface area contributed by atoms with Crippen molar-refractivity contribution in [3.63, 3.8) is 0 Å². The largest absolute Gasteiger partial charge is 0.480 e. The highest BCUT2D eigenvalue weighted by molar-refractivity contribution is 5.88. The number of carboxylic acids is 1. The fourth-order valence-electron chi connectivity index (χ4n) is 6.04. The van der Waals surface area contributed by atoms with Crippen LogP contribution >= 0.6 is 0 Å². The maximum Gasteiger partial charge on any atom is 0.323 e. The fraction of sp³-hybridized carbons (Fsp3) is 0.212. The summed E-state index contributed by atoms with van der Waals surface area (Å²) in [5.74, 6) is -1.30. The van der Waals surface area contributed by atoms with Gasteiger partial charge in [0.2, 0.25) is 0 Å². The molecule has 1 aliphatic rings. The Morgan fingerprint density at radius 2 is 1.73 bits per heavy atom. The Kier molecular flexibility index (Phi) is 6.95. The first kappa shape index (κ1) is 25.6. The van der Waals surface area contributed by atoms with Gasteiger partial charge in [0.15, 0.2) is 0 Å². The molecule has 1 heterocycles. The van der Waals surface area contributed by atoms with E-state index in [9.17, 15) is 19.1 Å². The second-order valence-electron chi connectivity index (χ2n) is 10.4. The van der Waals surface area contributed by atoms with Gasteiger partial charge in [-0.1, -0.05) is 72.8 Å². The summed E-state index contributed by atoms with van der Waals surface area (Å²) in [7, 11) is 0. The molecule has 0 bridgehead atoms. The molecule has 6 rings (SSSR count). The van der Waals surface area contributed by atoms with E-state index in [1.807, 2.05) is 53.4 Å². The first-order valence-electron chi connectivity index (χ1n) is 13.5. The molecule has 0 aliphatic heterocycles. The van der Waals surface area contributed by atoms with Crippen molar-refractivity contribution in [1.29, 1.82) is 0 Å². The number of urea groups is 1. The van der Waals surface area contributed by atoms with Crippen molar-refractivity contribution in [2.24, 2.45) is 0 Å². The third kappa shape index (κ3) is 5.02. The number of hydrogen-bond donors (Lipinski definition) is 2. The summed E-state index contributed by atoms with van der Waals surface area (Å²) < 4.78 is 16.1. The van der Waals surface area contributed by atoms with E-state index in [1.165, 1.54) is 12.1 Å². The first-order chi connectivity index (χ1) is 19.5. The molecule has 0 saturated carbocycles. The van der Waals surface area contributed by atoms with Crippen molar-refractivity contribution >= 4 is 33.7 Å². The average molecular weight is 536 g/mol. The third-order valence-corrected chi connectivity index (χ3v) is 7.90. The van der Waals surface area contributed by atoms with Gasteiger partial charge in [-0.2, -0.15) is 0 Å². The van der Waals surface area contributed by atoms with Crippen LogP contribution in [-0.2, 0) is 37.3 Å². The number of amides is 2. The Bertz CT molecular complexity index is 1710. The number of nitrogens with one attached hydrogen (secondary N) is 1. The Balaban J connectivity index is 1.36. The molecule has 1 atom stereocenters. The molecule has 202 valence electrons. The van der Waals surface area contributed by atoms with Crippen molar-refractivity contribution in [3.05, 3.63) is 119 Å². The number of carbonyl (C=O) groups is 2. The van der Waals surface area contributed by atoms with E-state index in [2.05, 4.69) is 29.6 Å². The van der Waals surface area contributed by atoms with E-state index in [0.29, 0.717) is 37.9 Å². The molecular weight excluding hydrogens is 505 g/mol. The second-order valence-corrected chi connectivity index (χ2v) is 10.4. The van der Waals surface area contributed by atoms with Gasteiger partial charge >= 0.3 is 12.0 Å². The van der Waals surface area contributed by atoms with Gasteiger partial charge in [0.25, 0.3) is 0 Å². The van der Waals surface area contributed by atoms with Gasteiger partial charge in [-0.3, -0.25) is 4.79 Å². The van der Waals surface area contributed by atoms with Crippen LogP contribution in [0, 0.1) is 5.82 Å². The molecule has 2 amide bonds. The summed E-state index contributed by atoms with van der Waals surface area (Å²) in [6, 6.07) is 28.3. The van der Waals surface area contributed by atoms with Crippen LogP contribution in [0.15, 0.2) is 91.0 Å². The second kappa shape index (κ2) is 10.8. The van der Waals surface area contributed by atoms with Crippen LogP contribution in [0.2, 0.25) is 0 Å². The SMILES string of the molecule is O=C(O)Cn1c2c(c3cc(F)ccc31)C[C@@H](N(Cc1cccc3ccccc13)C(=O)NCc1ccccc1)CC2. The summed E-state index contributed by atoms with van der Waals surface area (Å²) in [6.07, 6.45) is 1.79. The number of hydrogen-bond acceptors (Lipinski definition) is 2. The van der Waals surface area contributed by atoms with Crippen LogP contribution < -0.4 is 5.32 Å². The van der Waals surface area contributed by atoms with Gasteiger partial charge in [0.05, 0.1) is 0 Å². The van der Waals surface area contributed by atoms with Crippen molar-refractivity contribution in [2.45, 2.75) is 44.9 Å². The minimum Gasteiger partial charge on any atom is -0.480 e. The molecule has 0 unspecified atom stereocenters. The molecule has 5 aromatic rings. The zero-order valence-electron chi connectivity index (χ0n) is 22.0. The van der Waals surface area contributed by atoms with Crippen molar-refractivity contribution in [2.75, 3.05) is 0 Å². The average Bonchev–Trinajstić information content (AvgIpc) is 3.26. The van der Waals surface area contributed by atoms with Crippen LogP contribution in [0.3, 0.4) is 0 Å². The fourth-order valence-corrected chi connectivity index (χ4v) is 6.04. The summed E-state index contributed by atoms with van der Waals surface area (Å²) in [5.41, 5.74) is 4.61. The van der Waals surface area contributed by atoms with Gasteiger partial charge in [-0.25, -0.2) is 9.18 Å². The number of nitrogens with zero attached hydrogens (tertiary/aromatic N) is 2. The number of halogens is 1. The monoisotopic (exact) mass is 535 g/mol. The van der Waals surface area contributed by atoms with E-state index < -0.39 is 5.97 Å². The van der Waals surface area contributed by atoms with Crippen LogP contribution in [0.1, 0.15) is 28.8 Å². The molecule has 0 saturated heterocycles. The highest BCUT2D eigenvalue weighted by atomic mass is 19.1. The number of aromatic nitrogens is 1.